The molecule has 0 amide bonds. The van der Waals surface area contributed by atoms with Gasteiger partial charge in [-0.3, -0.25) is 4.79 Å². The van der Waals surface area contributed by atoms with Crippen LogP contribution in [0.4, 0.5) is 0 Å². The number of likely N-dealkylation sites (tertiary alicyclic amines) is 1. The summed E-state index contributed by atoms with van der Waals surface area (Å²) in [4.78, 5) is 14.8. The Morgan fingerprint density at radius 3 is 3.00 bits per heavy atom. The number of ether oxygens (including phenoxy) is 1. The summed E-state index contributed by atoms with van der Waals surface area (Å²) in [5.74, 6) is 0.643. The molecule has 3 atom stereocenters. The number of likely N-dealkylation sites (N-methyl/N-ethyl adjacent to an activating group) is 1. The van der Waals surface area contributed by atoms with E-state index >= 15 is 0 Å². The molecular formula is C19H25NO3. The second kappa shape index (κ2) is 5.05. The summed E-state index contributed by atoms with van der Waals surface area (Å²) in [5, 5.41) is 10.7. The Balaban J connectivity index is 2.00. The Labute approximate surface area is 137 Å². The molecule has 1 N–H and O–H groups in total. The van der Waals surface area contributed by atoms with Gasteiger partial charge in [0.05, 0.1) is 5.60 Å². The summed E-state index contributed by atoms with van der Waals surface area (Å²) in [7, 11) is 2.17. The highest BCUT2D eigenvalue weighted by Gasteiger charge is 2.66. The van der Waals surface area contributed by atoms with E-state index in [2.05, 4.69) is 18.0 Å². The van der Waals surface area contributed by atoms with Gasteiger partial charge in [-0.05, 0) is 51.4 Å². The fourth-order valence-corrected chi connectivity index (χ4v) is 5.63. The molecule has 1 saturated heterocycles. The van der Waals surface area contributed by atoms with Gasteiger partial charge in [0, 0.05) is 36.5 Å². The number of aromatic hydroxyl groups is 1. The van der Waals surface area contributed by atoms with E-state index in [-0.39, 0.29) is 17.1 Å². The minimum absolute atomic E-state index is 0.276. The van der Waals surface area contributed by atoms with Crippen molar-refractivity contribution in [3.8, 4) is 5.75 Å². The molecule has 3 aliphatic rings. The topological polar surface area (TPSA) is 49.8 Å². The monoisotopic (exact) mass is 315 g/mol. The summed E-state index contributed by atoms with van der Waals surface area (Å²) in [6.45, 7) is 3.62. The summed E-state index contributed by atoms with van der Waals surface area (Å²) in [6, 6.07) is 6.07. The van der Waals surface area contributed by atoms with Gasteiger partial charge in [-0.25, -0.2) is 0 Å². The van der Waals surface area contributed by atoms with Crippen LogP contribution in [-0.2, 0) is 21.4 Å². The molecule has 0 radical (unpaired) electrons. The highest BCUT2D eigenvalue weighted by atomic mass is 16.5. The molecule has 1 aromatic carbocycles. The molecule has 4 heteroatoms. The maximum absolute atomic E-state index is 12.4. The quantitative estimate of drug-likeness (QED) is 0.910. The van der Waals surface area contributed by atoms with Crippen molar-refractivity contribution in [1.82, 2.24) is 4.90 Å². The Bertz CT molecular complexity index is 658. The first kappa shape index (κ1) is 15.2. The zero-order valence-corrected chi connectivity index (χ0v) is 14.0. The zero-order chi connectivity index (χ0) is 16.2. The van der Waals surface area contributed by atoms with Gasteiger partial charge in [0.2, 0.25) is 0 Å². The highest BCUT2D eigenvalue weighted by Crippen LogP contribution is 2.60. The number of hydrogen-bond donors (Lipinski definition) is 1. The van der Waals surface area contributed by atoms with Crippen LogP contribution in [0.5, 0.6) is 5.75 Å². The van der Waals surface area contributed by atoms with Crippen LogP contribution in [-0.4, -0.2) is 47.6 Å². The summed E-state index contributed by atoms with van der Waals surface area (Å²) < 4.78 is 6.46. The van der Waals surface area contributed by atoms with Crippen molar-refractivity contribution in [2.24, 2.45) is 0 Å². The van der Waals surface area contributed by atoms with E-state index in [0.717, 1.165) is 31.4 Å². The van der Waals surface area contributed by atoms with Crippen molar-refractivity contribution < 1.29 is 14.6 Å². The van der Waals surface area contributed by atoms with Crippen molar-refractivity contribution in [3.63, 3.8) is 0 Å². The number of nitrogens with zero attached hydrogens (tertiary/aromatic N) is 1. The first-order chi connectivity index (χ1) is 11.0. The third-order valence-corrected chi connectivity index (χ3v) is 6.47. The first-order valence-electron chi connectivity index (χ1n) is 8.71. The molecule has 23 heavy (non-hydrogen) atoms. The van der Waals surface area contributed by atoms with Crippen LogP contribution in [0.2, 0.25) is 0 Å². The van der Waals surface area contributed by atoms with Crippen LogP contribution >= 0.6 is 0 Å². The highest BCUT2D eigenvalue weighted by molar-refractivity contribution is 5.83. The van der Waals surface area contributed by atoms with Gasteiger partial charge in [0.25, 0.3) is 0 Å². The molecular weight excluding hydrogens is 290 g/mol. The number of phenols is 1. The van der Waals surface area contributed by atoms with Crippen LogP contribution in [0.25, 0.3) is 0 Å². The van der Waals surface area contributed by atoms with Crippen LogP contribution in [0.15, 0.2) is 18.2 Å². The lowest BCUT2D eigenvalue weighted by Crippen LogP contribution is -2.73. The van der Waals surface area contributed by atoms with Crippen molar-refractivity contribution in [1.29, 1.82) is 0 Å². The van der Waals surface area contributed by atoms with E-state index in [9.17, 15) is 9.90 Å². The van der Waals surface area contributed by atoms with Gasteiger partial charge < -0.3 is 14.7 Å². The maximum atomic E-state index is 12.4. The van der Waals surface area contributed by atoms with E-state index in [1.165, 1.54) is 5.56 Å². The van der Waals surface area contributed by atoms with E-state index < -0.39 is 0 Å². The molecule has 2 fully saturated rings. The van der Waals surface area contributed by atoms with Gasteiger partial charge in [0.1, 0.15) is 11.5 Å². The molecule has 1 aromatic rings. The van der Waals surface area contributed by atoms with Crippen molar-refractivity contribution in [3.05, 3.63) is 29.3 Å². The second-order valence-electron chi connectivity index (χ2n) is 7.38. The Hall–Kier alpha value is -1.39. The lowest BCUT2D eigenvalue weighted by atomic mass is 9.49. The number of phenolic OH excluding ortho intramolecular Hbond substituents is 1. The molecule has 4 nitrogen and oxygen atoms in total. The number of rotatable bonds is 2. The Morgan fingerprint density at radius 2 is 2.22 bits per heavy atom. The standard InChI is InChI=1S/C19H25NO3/c1-3-23-19-8-7-14(21)12-18(19)9-10-20(2)16(19)11-13-5-4-6-15(22)17(13)18/h4-6,16,22H,3,7-12H2,1-2H3/t16-,18-,19-/m1/s1. The van der Waals surface area contributed by atoms with E-state index in [1.54, 1.807) is 6.07 Å². The number of carbonyl (C=O) groups is 1. The third kappa shape index (κ3) is 1.82. The number of ketones is 1. The van der Waals surface area contributed by atoms with Crippen molar-refractivity contribution >= 4 is 5.78 Å². The van der Waals surface area contributed by atoms with Gasteiger partial charge in [-0.15, -0.1) is 0 Å². The molecule has 0 aromatic heterocycles. The molecule has 4 rings (SSSR count). The number of benzene rings is 1. The number of carbonyl (C=O) groups excluding carboxylic acids is 1. The number of Topliss-reactive ketones (excluding diaryl/α,β-unsaturated/α-hetero) is 1. The lowest BCUT2D eigenvalue weighted by molar-refractivity contribution is -0.194. The number of hydrogen-bond acceptors (Lipinski definition) is 4. The van der Waals surface area contributed by atoms with Gasteiger partial charge in [0.15, 0.2) is 0 Å². The SMILES string of the molecule is CCO[C@@]12CCC(=O)C[C@@]13CCN(C)[C@@H]2Cc1cccc(O)c13. The Morgan fingerprint density at radius 1 is 1.39 bits per heavy atom. The van der Waals surface area contributed by atoms with Crippen LogP contribution in [0, 0.1) is 0 Å². The van der Waals surface area contributed by atoms with E-state index in [4.69, 9.17) is 4.74 Å². The molecule has 0 unspecified atom stereocenters. The Kier molecular flexibility index (Phi) is 3.33. The molecule has 0 spiro atoms. The van der Waals surface area contributed by atoms with Gasteiger partial charge >= 0.3 is 0 Å². The molecule has 1 heterocycles. The maximum Gasteiger partial charge on any atom is 0.134 e. The normalized spacial score (nSPS) is 36.4. The zero-order valence-electron chi connectivity index (χ0n) is 14.0. The van der Waals surface area contributed by atoms with E-state index in [0.29, 0.717) is 31.0 Å². The van der Waals surface area contributed by atoms with Gasteiger partial charge in [-0.1, -0.05) is 12.1 Å². The third-order valence-electron chi connectivity index (χ3n) is 6.47. The second-order valence-corrected chi connectivity index (χ2v) is 7.38. The average molecular weight is 315 g/mol. The minimum atomic E-state index is -0.367. The van der Waals surface area contributed by atoms with Crippen molar-refractivity contribution in [2.45, 2.75) is 56.1 Å². The minimum Gasteiger partial charge on any atom is -0.508 e. The van der Waals surface area contributed by atoms with E-state index in [1.807, 2.05) is 13.0 Å². The van der Waals surface area contributed by atoms with Crippen LogP contribution < -0.4 is 0 Å². The fraction of sp³-hybridized carbons (Fsp3) is 0.632. The summed E-state index contributed by atoms with van der Waals surface area (Å²) >= 11 is 0. The van der Waals surface area contributed by atoms with Crippen LogP contribution in [0.1, 0.15) is 43.7 Å². The fourth-order valence-electron chi connectivity index (χ4n) is 5.63. The smallest absolute Gasteiger partial charge is 0.134 e. The predicted octanol–water partition coefficient (Wildman–Crippen LogP) is 2.42. The summed E-state index contributed by atoms with van der Waals surface area (Å²) in [5.41, 5.74) is 1.46. The molecule has 1 aliphatic heterocycles. The molecule has 2 aliphatic carbocycles. The predicted molar refractivity (Wildman–Crippen MR) is 87.7 cm³/mol. The largest absolute Gasteiger partial charge is 0.508 e. The first-order valence-corrected chi connectivity index (χ1v) is 8.71. The van der Waals surface area contributed by atoms with Gasteiger partial charge in [-0.2, -0.15) is 0 Å². The summed E-state index contributed by atoms with van der Waals surface area (Å²) in [6.07, 6.45) is 3.62. The molecule has 1 saturated carbocycles. The molecule has 124 valence electrons. The lowest BCUT2D eigenvalue weighted by Gasteiger charge is -2.64. The number of fused-ring (bicyclic) bond motifs is 1. The molecule has 2 bridgehead atoms. The average Bonchev–Trinajstić information content (AvgIpc) is 2.52. The number of piperidine rings is 1. The van der Waals surface area contributed by atoms with Crippen LogP contribution in [0.3, 0.4) is 0 Å². The van der Waals surface area contributed by atoms with Crippen molar-refractivity contribution in [2.75, 3.05) is 20.2 Å².